The van der Waals surface area contributed by atoms with E-state index in [-0.39, 0.29) is 31.1 Å². The quantitative estimate of drug-likeness (QED) is 0.0262. The van der Waals surface area contributed by atoms with Crippen molar-refractivity contribution in [3.8, 4) is 0 Å². The molecule has 0 aliphatic heterocycles. The molecule has 0 aromatic heterocycles. The zero-order valence-electron chi connectivity index (χ0n) is 40.7. The van der Waals surface area contributed by atoms with Gasteiger partial charge in [0, 0.05) is 19.3 Å². The Balaban J connectivity index is 4.31. The summed E-state index contributed by atoms with van der Waals surface area (Å²) in [5.41, 5.74) is 0. The zero-order chi connectivity index (χ0) is 44.4. The Morgan fingerprint density at radius 2 is 0.590 bits per heavy atom. The van der Waals surface area contributed by atoms with Gasteiger partial charge in [0.2, 0.25) is 0 Å². The maximum absolute atomic E-state index is 12.8. The highest BCUT2D eigenvalue weighted by Gasteiger charge is 2.19. The molecule has 0 saturated carbocycles. The van der Waals surface area contributed by atoms with Crippen molar-refractivity contribution < 1.29 is 28.6 Å². The van der Waals surface area contributed by atoms with Crippen molar-refractivity contribution in [1.82, 2.24) is 0 Å². The monoisotopic (exact) mass is 857 g/mol. The van der Waals surface area contributed by atoms with Gasteiger partial charge in [0.25, 0.3) is 0 Å². The second-order valence-electron chi connectivity index (χ2n) is 17.8. The molecule has 356 valence electrons. The highest BCUT2D eigenvalue weighted by molar-refractivity contribution is 5.71. The topological polar surface area (TPSA) is 78.9 Å². The molecule has 0 amide bonds. The fraction of sp³-hybridized carbons (Fsp3) is 0.836. The molecular weight excluding hydrogens is 757 g/mol. The van der Waals surface area contributed by atoms with Crippen LogP contribution in [-0.4, -0.2) is 37.2 Å². The van der Waals surface area contributed by atoms with Crippen LogP contribution in [0.15, 0.2) is 36.5 Å². The molecule has 0 aromatic rings. The van der Waals surface area contributed by atoms with Gasteiger partial charge in [0.1, 0.15) is 13.2 Å². The molecule has 0 unspecified atom stereocenters. The van der Waals surface area contributed by atoms with Crippen LogP contribution in [-0.2, 0) is 28.6 Å². The van der Waals surface area contributed by atoms with Crippen molar-refractivity contribution in [2.45, 2.75) is 284 Å². The van der Waals surface area contributed by atoms with E-state index in [1.807, 2.05) is 0 Å². The summed E-state index contributed by atoms with van der Waals surface area (Å²) in [6.07, 6.45) is 58.4. The Hall–Kier alpha value is -2.37. The lowest BCUT2D eigenvalue weighted by Crippen LogP contribution is -2.30. The minimum Gasteiger partial charge on any atom is -0.462 e. The Labute approximate surface area is 378 Å². The van der Waals surface area contributed by atoms with E-state index in [1.165, 1.54) is 167 Å². The molecule has 0 saturated heterocycles. The van der Waals surface area contributed by atoms with Crippen LogP contribution in [0.1, 0.15) is 278 Å². The van der Waals surface area contributed by atoms with Crippen LogP contribution in [0.2, 0.25) is 0 Å². The highest BCUT2D eigenvalue weighted by Crippen LogP contribution is 2.15. The number of hydrogen-bond acceptors (Lipinski definition) is 6. The van der Waals surface area contributed by atoms with Crippen LogP contribution in [0.3, 0.4) is 0 Å². The Bertz CT molecular complexity index is 1030. The van der Waals surface area contributed by atoms with E-state index in [0.29, 0.717) is 19.3 Å². The molecule has 0 N–H and O–H groups in total. The Morgan fingerprint density at radius 1 is 0.328 bits per heavy atom. The van der Waals surface area contributed by atoms with Gasteiger partial charge in [0.05, 0.1) is 0 Å². The van der Waals surface area contributed by atoms with E-state index < -0.39 is 6.10 Å². The van der Waals surface area contributed by atoms with Gasteiger partial charge in [-0.2, -0.15) is 0 Å². The second-order valence-corrected chi connectivity index (χ2v) is 17.8. The summed E-state index contributed by atoms with van der Waals surface area (Å²) < 4.78 is 16.8. The summed E-state index contributed by atoms with van der Waals surface area (Å²) >= 11 is 0. The summed E-state index contributed by atoms with van der Waals surface area (Å²) in [6, 6.07) is 0. The predicted molar refractivity (Wildman–Crippen MR) is 261 cm³/mol. The van der Waals surface area contributed by atoms with E-state index in [9.17, 15) is 14.4 Å². The second kappa shape index (κ2) is 50.3. The highest BCUT2D eigenvalue weighted by atomic mass is 16.6. The molecule has 0 aromatic carbocycles. The van der Waals surface area contributed by atoms with E-state index in [2.05, 4.69) is 57.2 Å². The summed E-state index contributed by atoms with van der Waals surface area (Å²) in [5, 5.41) is 0. The number of hydrogen-bond donors (Lipinski definition) is 0. The van der Waals surface area contributed by atoms with Crippen molar-refractivity contribution in [2.24, 2.45) is 0 Å². The van der Waals surface area contributed by atoms with Crippen molar-refractivity contribution in [3.63, 3.8) is 0 Å². The van der Waals surface area contributed by atoms with E-state index in [4.69, 9.17) is 14.2 Å². The molecule has 6 heteroatoms. The zero-order valence-corrected chi connectivity index (χ0v) is 40.7. The number of carbonyl (C=O) groups excluding carboxylic acids is 3. The Morgan fingerprint density at radius 3 is 0.967 bits per heavy atom. The lowest BCUT2D eigenvalue weighted by atomic mass is 10.1. The van der Waals surface area contributed by atoms with Crippen LogP contribution in [0.25, 0.3) is 0 Å². The molecule has 0 aliphatic carbocycles. The van der Waals surface area contributed by atoms with Gasteiger partial charge in [0.15, 0.2) is 6.10 Å². The first-order chi connectivity index (χ1) is 30.0. The number of allylic oxidation sites excluding steroid dienone is 6. The lowest BCUT2D eigenvalue weighted by molar-refractivity contribution is -0.167. The first kappa shape index (κ1) is 58.6. The smallest absolute Gasteiger partial charge is 0.306 e. The number of ether oxygens (including phenoxy) is 3. The van der Waals surface area contributed by atoms with Gasteiger partial charge in [-0.1, -0.05) is 218 Å². The van der Waals surface area contributed by atoms with Gasteiger partial charge in [-0.15, -0.1) is 0 Å². The van der Waals surface area contributed by atoms with E-state index in [0.717, 1.165) is 70.6 Å². The molecule has 0 heterocycles. The number of esters is 3. The molecular formula is C55H100O6. The molecule has 0 rings (SSSR count). The lowest BCUT2D eigenvalue weighted by Gasteiger charge is -2.18. The first-order valence-electron chi connectivity index (χ1n) is 26.5. The van der Waals surface area contributed by atoms with Gasteiger partial charge in [-0.3, -0.25) is 14.4 Å². The third-order valence-corrected chi connectivity index (χ3v) is 11.6. The van der Waals surface area contributed by atoms with Crippen LogP contribution < -0.4 is 0 Å². The molecule has 6 nitrogen and oxygen atoms in total. The molecule has 61 heavy (non-hydrogen) atoms. The predicted octanol–water partition coefficient (Wildman–Crippen LogP) is 17.3. The fourth-order valence-corrected chi connectivity index (χ4v) is 7.59. The minimum atomic E-state index is -0.773. The van der Waals surface area contributed by atoms with Gasteiger partial charge >= 0.3 is 17.9 Å². The van der Waals surface area contributed by atoms with Crippen molar-refractivity contribution in [3.05, 3.63) is 36.5 Å². The van der Waals surface area contributed by atoms with Gasteiger partial charge in [-0.05, 0) is 77.0 Å². The summed E-state index contributed by atoms with van der Waals surface area (Å²) in [7, 11) is 0. The summed E-state index contributed by atoms with van der Waals surface area (Å²) in [5.74, 6) is -0.878. The van der Waals surface area contributed by atoms with Crippen molar-refractivity contribution in [2.75, 3.05) is 13.2 Å². The van der Waals surface area contributed by atoms with Crippen LogP contribution >= 0.6 is 0 Å². The first-order valence-corrected chi connectivity index (χ1v) is 26.5. The maximum Gasteiger partial charge on any atom is 0.306 e. The van der Waals surface area contributed by atoms with E-state index >= 15 is 0 Å². The van der Waals surface area contributed by atoms with Crippen LogP contribution in [0.4, 0.5) is 0 Å². The molecule has 0 radical (unpaired) electrons. The summed E-state index contributed by atoms with van der Waals surface area (Å²) in [6.45, 7) is 6.60. The molecule has 0 fully saturated rings. The van der Waals surface area contributed by atoms with Gasteiger partial charge < -0.3 is 14.2 Å². The normalized spacial score (nSPS) is 12.2. The maximum atomic E-state index is 12.8. The molecule has 0 aliphatic rings. The number of unbranched alkanes of at least 4 members (excludes halogenated alkanes) is 31. The average Bonchev–Trinajstić information content (AvgIpc) is 3.26. The fourth-order valence-electron chi connectivity index (χ4n) is 7.59. The largest absolute Gasteiger partial charge is 0.462 e. The van der Waals surface area contributed by atoms with Crippen LogP contribution in [0, 0.1) is 0 Å². The van der Waals surface area contributed by atoms with Crippen molar-refractivity contribution in [1.29, 1.82) is 0 Å². The average molecular weight is 857 g/mol. The van der Waals surface area contributed by atoms with Crippen LogP contribution in [0.5, 0.6) is 0 Å². The van der Waals surface area contributed by atoms with E-state index in [1.54, 1.807) is 0 Å². The number of carbonyl (C=O) groups is 3. The Kier molecular flexibility index (Phi) is 48.3. The minimum absolute atomic E-state index is 0.0739. The molecule has 0 bridgehead atoms. The van der Waals surface area contributed by atoms with Crippen molar-refractivity contribution >= 4 is 17.9 Å². The molecule has 0 spiro atoms. The number of rotatable bonds is 48. The van der Waals surface area contributed by atoms with Gasteiger partial charge in [-0.25, -0.2) is 0 Å². The SMILES string of the molecule is CCCCC/C=C\C/C=C\CCCCCCCCCCCC(=O)OC[C@H](COC(=O)CCCCCCCCCCCCC)OC(=O)CCCCCCC/C=C\CCCCCC. The summed E-state index contributed by atoms with van der Waals surface area (Å²) in [4.78, 5) is 37.9. The standard InChI is InChI=1S/C55H100O6/c1-4-7-10-13-16-19-22-24-25-26-27-28-29-31-33-36-39-42-45-48-54(57)60-51-52(50-59-53(56)47-44-41-38-35-32-21-18-15-12-9-6-3)61-55(58)49-46-43-40-37-34-30-23-20-17-14-11-8-5-2/h16,19-20,23-25,52H,4-15,17-18,21-22,26-51H2,1-3H3/b19-16-,23-20-,25-24-/t52-/m0/s1. The third kappa shape index (κ3) is 48.5. The third-order valence-electron chi connectivity index (χ3n) is 11.6. The molecule has 1 atom stereocenters.